The van der Waals surface area contributed by atoms with Gasteiger partial charge >= 0.3 is 6.03 Å². The van der Waals surface area contributed by atoms with E-state index in [1.54, 1.807) is 23.8 Å². The summed E-state index contributed by atoms with van der Waals surface area (Å²) in [6, 6.07) is 7.93. The number of aromatic nitrogens is 3. The van der Waals surface area contributed by atoms with Gasteiger partial charge in [0.25, 0.3) is 0 Å². The second-order valence-electron chi connectivity index (χ2n) is 9.17. The van der Waals surface area contributed by atoms with Crippen LogP contribution in [0.2, 0.25) is 0 Å². The maximum atomic E-state index is 12.3. The summed E-state index contributed by atoms with van der Waals surface area (Å²) in [7, 11) is 0. The lowest BCUT2D eigenvalue weighted by molar-refractivity contribution is 0.122. The molecular formula is C25H31N7O3. The van der Waals surface area contributed by atoms with E-state index in [9.17, 15) is 15.2 Å². The number of urea groups is 1. The molecule has 0 saturated carbocycles. The molecule has 0 radical (unpaired) electrons. The Morgan fingerprint density at radius 2 is 2.00 bits per heavy atom. The highest BCUT2D eigenvalue weighted by Crippen LogP contribution is 2.31. The first kappa shape index (κ1) is 24.3. The van der Waals surface area contributed by atoms with Crippen molar-refractivity contribution in [3.63, 3.8) is 0 Å². The second kappa shape index (κ2) is 10.6. The first-order chi connectivity index (χ1) is 16.9. The summed E-state index contributed by atoms with van der Waals surface area (Å²) in [5.41, 5.74) is 2.73. The van der Waals surface area contributed by atoms with Gasteiger partial charge in [0.2, 0.25) is 0 Å². The third-order valence-corrected chi connectivity index (χ3v) is 5.81. The Hall–Kier alpha value is -3.84. The Morgan fingerprint density at radius 1 is 1.23 bits per heavy atom. The van der Waals surface area contributed by atoms with Gasteiger partial charge in [-0.15, -0.1) is 0 Å². The molecule has 0 aromatic carbocycles. The van der Waals surface area contributed by atoms with Gasteiger partial charge in [-0.2, -0.15) is 10.4 Å². The minimum absolute atomic E-state index is 0.0162. The molecule has 0 bridgehead atoms. The van der Waals surface area contributed by atoms with Crippen molar-refractivity contribution in [3.8, 4) is 22.9 Å². The summed E-state index contributed by atoms with van der Waals surface area (Å²) >= 11 is 0. The number of nitrogens with one attached hydrogen (secondary N) is 1. The number of nitriles is 1. The van der Waals surface area contributed by atoms with Gasteiger partial charge in [-0.3, -0.25) is 0 Å². The van der Waals surface area contributed by atoms with E-state index in [0.717, 1.165) is 16.9 Å². The first-order valence-electron chi connectivity index (χ1n) is 11.8. The van der Waals surface area contributed by atoms with Gasteiger partial charge in [-0.25, -0.2) is 14.3 Å². The standard InChI is InChI=1S/C25H31N7O3/c1-17(2)12-28-25(34)31-8-6-30(7-9-31)23-5-4-19(13-27-23)22-10-21(35-16-18(3)33)15-32-24(22)20(11-26)14-29-32/h4-5,10,13-15,17-18,33H,6-9,12,16H2,1-3H3,(H,28,34)/t18-/m1/s1. The largest absolute Gasteiger partial charge is 0.489 e. The van der Waals surface area contributed by atoms with E-state index in [-0.39, 0.29) is 12.6 Å². The molecule has 0 spiro atoms. The molecule has 3 aromatic heterocycles. The third kappa shape index (κ3) is 5.63. The fourth-order valence-corrected chi connectivity index (χ4v) is 3.97. The highest BCUT2D eigenvalue weighted by molar-refractivity contribution is 5.85. The Bertz CT molecular complexity index is 1210. The zero-order valence-corrected chi connectivity index (χ0v) is 20.3. The molecule has 0 unspecified atom stereocenters. The summed E-state index contributed by atoms with van der Waals surface area (Å²) in [6.07, 6.45) is 4.39. The number of rotatable bonds is 7. The van der Waals surface area contributed by atoms with Gasteiger partial charge in [0.15, 0.2) is 0 Å². The van der Waals surface area contributed by atoms with Crippen LogP contribution < -0.4 is 15.0 Å². The van der Waals surface area contributed by atoms with Crippen LogP contribution in [0.15, 0.2) is 36.8 Å². The lowest BCUT2D eigenvalue weighted by Gasteiger charge is -2.35. The Morgan fingerprint density at radius 3 is 2.63 bits per heavy atom. The predicted molar refractivity (Wildman–Crippen MR) is 132 cm³/mol. The molecule has 1 atom stereocenters. The molecule has 1 aliphatic rings. The quantitative estimate of drug-likeness (QED) is 0.537. The lowest BCUT2D eigenvalue weighted by Crippen LogP contribution is -2.52. The van der Waals surface area contributed by atoms with Crippen molar-refractivity contribution < 1.29 is 14.6 Å². The number of fused-ring (bicyclic) bond motifs is 1. The fourth-order valence-electron chi connectivity index (χ4n) is 3.97. The van der Waals surface area contributed by atoms with Crippen LogP contribution in [0.3, 0.4) is 0 Å². The molecule has 1 aliphatic heterocycles. The van der Waals surface area contributed by atoms with Crippen molar-refractivity contribution in [2.45, 2.75) is 26.9 Å². The van der Waals surface area contributed by atoms with Crippen LogP contribution in [-0.2, 0) is 0 Å². The third-order valence-electron chi connectivity index (χ3n) is 5.81. The number of nitrogens with zero attached hydrogens (tertiary/aromatic N) is 6. The van der Waals surface area contributed by atoms with Crippen LogP contribution in [0, 0.1) is 17.2 Å². The molecule has 2 N–H and O–H groups in total. The number of aliphatic hydroxyl groups is 1. The number of ether oxygens (including phenoxy) is 1. The number of carbonyl (C=O) groups is 1. The molecule has 1 saturated heterocycles. The van der Waals surface area contributed by atoms with Crippen LogP contribution >= 0.6 is 0 Å². The number of anilines is 1. The molecule has 10 nitrogen and oxygen atoms in total. The van der Waals surface area contributed by atoms with Crippen molar-refractivity contribution in [3.05, 3.63) is 42.4 Å². The molecule has 2 amide bonds. The van der Waals surface area contributed by atoms with Crippen molar-refractivity contribution in [1.29, 1.82) is 5.26 Å². The van der Waals surface area contributed by atoms with E-state index < -0.39 is 6.10 Å². The van der Waals surface area contributed by atoms with Crippen LogP contribution in [0.25, 0.3) is 16.6 Å². The molecule has 1 fully saturated rings. The van der Waals surface area contributed by atoms with Gasteiger partial charge < -0.3 is 25.0 Å². The normalized spacial score (nSPS) is 14.7. The SMILES string of the molecule is CC(C)CNC(=O)N1CCN(c2ccc(-c3cc(OC[C@@H](C)O)cn4ncc(C#N)c34)cn2)CC1. The van der Waals surface area contributed by atoms with Gasteiger partial charge in [-0.05, 0) is 31.0 Å². The fraction of sp³-hybridized carbons (Fsp3) is 0.440. The summed E-state index contributed by atoms with van der Waals surface area (Å²) in [5.74, 6) is 1.79. The van der Waals surface area contributed by atoms with Gasteiger partial charge in [0, 0.05) is 50.0 Å². The van der Waals surface area contributed by atoms with E-state index in [4.69, 9.17) is 4.74 Å². The number of piperazine rings is 1. The number of hydrogen-bond donors (Lipinski definition) is 2. The second-order valence-corrected chi connectivity index (χ2v) is 9.17. The van der Waals surface area contributed by atoms with E-state index in [1.165, 1.54) is 6.20 Å². The number of amides is 2. The highest BCUT2D eigenvalue weighted by Gasteiger charge is 2.22. The van der Waals surface area contributed by atoms with Crippen molar-refractivity contribution in [2.75, 3.05) is 44.2 Å². The number of aliphatic hydroxyl groups excluding tert-OH is 1. The summed E-state index contributed by atoms with van der Waals surface area (Å²) in [4.78, 5) is 21.0. The molecule has 10 heteroatoms. The van der Waals surface area contributed by atoms with Crippen LogP contribution in [0.1, 0.15) is 26.3 Å². The number of carbonyl (C=O) groups excluding carboxylic acids is 1. The van der Waals surface area contributed by atoms with Gasteiger partial charge in [-0.1, -0.05) is 13.8 Å². The van der Waals surface area contributed by atoms with Gasteiger partial charge in [0.05, 0.1) is 29.6 Å². The minimum atomic E-state index is -0.607. The summed E-state index contributed by atoms with van der Waals surface area (Å²) in [5, 5.41) is 26.4. The number of hydrogen-bond acceptors (Lipinski definition) is 7. The maximum Gasteiger partial charge on any atom is 0.317 e. The average Bonchev–Trinajstić information content (AvgIpc) is 3.29. The zero-order valence-electron chi connectivity index (χ0n) is 20.3. The van der Waals surface area contributed by atoms with Crippen molar-refractivity contribution in [2.24, 2.45) is 5.92 Å². The minimum Gasteiger partial charge on any atom is -0.489 e. The molecule has 3 aromatic rings. The van der Waals surface area contributed by atoms with Crippen LogP contribution in [-0.4, -0.2) is 76.1 Å². The lowest BCUT2D eigenvalue weighted by atomic mass is 10.1. The average molecular weight is 478 g/mol. The van der Waals surface area contributed by atoms with Crippen molar-refractivity contribution >= 4 is 17.4 Å². The molecule has 4 heterocycles. The van der Waals surface area contributed by atoms with Crippen LogP contribution in [0.4, 0.5) is 10.6 Å². The van der Waals surface area contributed by atoms with Crippen molar-refractivity contribution in [1.82, 2.24) is 24.8 Å². The van der Waals surface area contributed by atoms with E-state index in [0.29, 0.717) is 55.5 Å². The topological polar surface area (TPSA) is 119 Å². The van der Waals surface area contributed by atoms with E-state index >= 15 is 0 Å². The van der Waals surface area contributed by atoms with Gasteiger partial charge in [0.1, 0.15) is 24.2 Å². The summed E-state index contributed by atoms with van der Waals surface area (Å²) in [6.45, 7) is 9.31. The smallest absolute Gasteiger partial charge is 0.317 e. The predicted octanol–water partition coefficient (Wildman–Crippen LogP) is 2.52. The first-order valence-corrected chi connectivity index (χ1v) is 11.8. The van der Waals surface area contributed by atoms with E-state index in [2.05, 4.69) is 40.2 Å². The summed E-state index contributed by atoms with van der Waals surface area (Å²) < 4.78 is 7.31. The maximum absolute atomic E-state index is 12.3. The van der Waals surface area contributed by atoms with Crippen LogP contribution in [0.5, 0.6) is 5.75 Å². The zero-order chi connectivity index (χ0) is 24.9. The molecule has 4 rings (SSSR count). The number of pyridine rings is 2. The monoisotopic (exact) mass is 477 g/mol. The molecule has 184 valence electrons. The molecule has 0 aliphatic carbocycles. The Kier molecular flexibility index (Phi) is 7.36. The Labute approximate surface area is 204 Å². The Balaban J connectivity index is 1.51. The van der Waals surface area contributed by atoms with E-state index in [1.807, 2.05) is 23.1 Å². The molecule has 35 heavy (non-hydrogen) atoms. The molecular weight excluding hydrogens is 446 g/mol. The highest BCUT2D eigenvalue weighted by atomic mass is 16.5.